The number of nitrogens with zero attached hydrogens (tertiary/aromatic N) is 2. The van der Waals surface area contributed by atoms with Gasteiger partial charge in [-0.15, -0.1) is 11.3 Å². The SMILES string of the molecule is O=C(NCCNc1ncccn1)c1ccc(C(=O)NCC(NS(=O)c2ccccc2)C(=O)O)s1. The number of thiophene rings is 1. The number of carbonyl (C=O) groups excluding carboxylic acids is 2. The van der Waals surface area contributed by atoms with E-state index in [2.05, 4.69) is 30.6 Å². The summed E-state index contributed by atoms with van der Waals surface area (Å²) in [6, 6.07) is 11.7. The summed E-state index contributed by atoms with van der Waals surface area (Å²) in [7, 11) is -1.76. The van der Waals surface area contributed by atoms with Crippen LogP contribution in [0, 0.1) is 0 Å². The molecule has 2 amide bonds. The molecule has 2 aromatic heterocycles. The van der Waals surface area contributed by atoms with E-state index in [4.69, 9.17) is 0 Å². The average molecular weight is 503 g/mol. The first-order chi connectivity index (χ1) is 16.4. The van der Waals surface area contributed by atoms with E-state index in [9.17, 15) is 23.7 Å². The topological polar surface area (TPSA) is 162 Å². The summed E-state index contributed by atoms with van der Waals surface area (Å²) in [5.41, 5.74) is 0. The molecule has 13 heteroatoms. The first kappa shape index (κ1) is 25.0. The summed E-state index contributed by atoms with van der Waals surface area (Å²) in [6.07, 6.45) is 3.20. The van der Waals surface area contributed by atoms with E-state index in [1.165, 1.54) is 12.1 Å². The van der Waals surface area contributed by atoms with Crippen LogP contribution in [0.2, 0.25) is 0 Å². The van der Waals surface area contributed by atoms with Gasteiger partial charge in [-0.3, -0.25) is 14.4 Å². The Kier molecular flexibility index (Phi) is 9.20. The predicted molar refractivity (Wildman–Crippen MR) is 127 cm³/mol. The van der Waals surface area contributed by atoms with Crippen LogP contribution in [0.1, 0.15) is 19.3 Å². The van der Waals surface area contributed by atoms with Crippen LogP contribution in [0.15, 0.2) is 65.8 Å². The third kappa shape index (κ3) is 7.43. The highest BCUT2D eigenvalue weighted by Crippen LogP contribution is 2.16. The number of carbonyl (C=O) groups is 3. The number of hydrogen-bond acceptors (Lipinski definition) is 8. The zero-order valence-electron chi connectivity index (χ0n) is 17.8. The summed E-state index contributed by atoms with van der Waals surface area (Å²) >= 11 is 0.977. The first-order valence-corrected chi connectivity index (χ1v) is 12.0. The van der Waals surface area contributed by atoms with Crippen molar-refractivity contribution in [2.24, 2.45) is 0 Å². The minimum absolute atomic E-state index is 0.245. The largest absolute Gasteiger partial charge is 0.480 e. The lowest BCUT2D eigenvalue weighted by Gasteiger charge is -2.14. The lowest BCUT2D eigenvalue weighted by Crippen LogP contribution is -2.46. The monoisotopic (exact) mass is 502 g/mol. The lowest BCUT2D eigenvalue weighted by atomic mass is 10.3. The molecule has 2 unspecified atom stereocenters. The van der Waals surface area contributed by atoms with Crippen LogP contribution in [-0.2, 0) is 15.8 Å². The van der Waals surface area contributed by atoms with Gasteiger partial charge >= 0.3 is 5.97 Å². The minimum atomic E-state index is -1.76. The number of benzene rings is 1. The Hall–Kier alpha value is -3.68. The van der Waals surface area contributed by atoms with E-state index in [0.29, 0.717) is 28.8 Å². The molecule has 0 fully saturated rings. The van der Waals surface area contributed by atoms with Gasteiger partial charge in [-0.1, -0.05) is 18.2 Å². The minimum Gasteiger partial charge on any atom is -0.480 e. The van der Waals surface area contributed by atoms with Crippen LogP contribution in [-0.4, -0.2) is 62.7 Å². The van der Waals surface area contributed by atoms with Crippen molar-refractivity contribution in [3.63, 3.8) is 0 Å². The Morgan fingerprint density at radius 1 is 0.912 bits per heavy atom. The molecule has 0 spiro atoms. The third-order valence-corrected chi connectivity index (χ3v) is 6.57. The van der Waals surface area contributed by atoms with Crippen LogP contribution < -0.4 is 20.7 Å². The molecule has 0 aliphatic rings. The highest BCUT2D eigenvalue weighted by Gasteiger charge is 2.22. The van der Waals surface area contributed by atoms with Crippen LogP contribution in [0.5, 0.6) is 0 Å². The molecule has 0 saturated heterocycles. The molecule has 2 heterocycles. The van der Waals surface area contributed by atoms with Crippen molar-refractivity contribution >= 4 is 46.1 Å². The van der Waals surface area contributed by atoms with Gasteiger partial charge in [-0.05, 0) is 30.3 Å². The third-order valence-electron chi connectivity index (χ3n) is 4.28. The van der Waals surface area contributed by atoms with E-state index >= 15 is 0 Å². The Morgan fingerprint density at radius 2 is 1.56 bits per heavy atom. The number of anilines is 1. The Bertz CT molecular complexity index is 1140. The lowest BCUT2D eigenvalue weighted by molar-refractivity contribution is -0.138. The van der Waals surface area contributed by atoms with Crippen LogP contribution >= 0.6 is 11.3 Å². The van der Waals surface area contributed by atoms with E-state index in [0.717, 1.165) is 11.3 Å². The van der Waals surface area contributed by atoms with Gasteiger partial charge < -0.3 is 21.1 Å². The molecule has 2 atom stereocenters. The molecular weight excluding hydrogens is 480 g/mol. The maximum atomic E-state index is 12.4. The van der Waals surface area contributed by atoms with Crippen LogP contribution in [0.4, 0.5) is 5.95 Å². The normalized spacial score (nSPS) is 12.4. The number of carboxylic acid groups (broad SMARTS) is 1. The van der Waals surface area contributed by atoms with Gasteiger partial charge in [-0.25, -0.2) is 18.9 Å². The van der Waals surface area contributed by atoms with Crippen molar-refractivity contribution in [2.45, 2.75) is 10.9 Å². The second-order valence-corrected chi connectivity index (χ2v) is 9.05. The number of amides is 2. The molecule has 11 nitrogen and oxygen atoms in total. The highest BCUT2D eigenvalue weighted by atomic mass is 32.2. The molecule has 5 N–H and O–H groups in total. The van der Waals surface area contributed by atoms with Crippen LogP contribution in [0.25, 0.3) is 0 Å². The summed E-state index contributed by atoms with van der Waals surface area (Å²) in [4.78, 5) is 45.3. The van der Waals surface area contributed by atoms with E-state index in [1.54, 1.807) is 48.8 Å². The van der Waals surface area contributed by atoms with Crippen molar-refractivity contribution in [1.29, 1.82) is 0 Å². The number of aliphatic carboxylic acids is 1. The van der Waals surface area contributed by atoms with E-state index < -0.39 is 28.9 Å². The molecule has 34 heavy (non-hydrogen) atoms. The second-order valence-electron chi connectivity index (χ2n) is 6.72. The van der Waals surface area contributed by atoms with Crippen molar-refractivity contribution < 1.29 is 23.7 Å². The van der Waals surface area contributed by atoms with Crippen molar-refractivity contribution in [2.75, 3.05) is 25.0 Å². The molecule has 0 saturated carbocycles. The van der Waals surface area contributed by atoms with Gasteiger partial charge in [-0.2, -0.15) is 0 Å². The number of nitrogens with one attached hydrogen (secondary N) is 4. The zero-order valence-corrected chi connectivity index (χ0v) is 19.4. The number of rotatable bonds is 12. The Labute approximate surface area is 201 Å². The first-order valence-electron chi connectivity index (χ1n) is 10.1. The smallest absolute Gasteiger partial charge is 0.323 e. The molecule has 0 bridgehead atoms. The fourth-order valence-electron chi connectivity index (χ4n) is 2.61. The molecular formula is C21H22N6O5S2. The molecule has 3 aromatic rings. The summed E-state index contributed by atoms with van der Waals surface area (Å²) in [5, 5.41) is 17.6. The zero-order chi connectivity index (χ0) is 24.3. The quantitative estimate of drug-likeness (QED) is 0.228. The summed E-state index contributed by atoms with van der Waals surface area (Å²) < 4.78 is 14.8. The standard InChI is InChI=1S/C21H22N6O5S2/c28-18(22-11-12-25-21-23-9-4-10-24-21)16-7-8-17(33-16)19(29)26-13-15(20(30)31)27-34(32)14-5-2-1-3-6-14/h1-10,15,27H,11-13H2,(H,22,28)(H,26,29)(H,30,31)(H,23,24,25). The van der Waals surface area contributed by atoms with Crippen molar-refractivity contribution in [3.8, 4) is 0 Å². The van der Waals surface area contributed by atoms with Gasteiger partial charge in [0.15, 0.2) is 0 Å². The molecule has 3 rings (SSSR count). The van der Waals surface area contributed by atoms with Crippen molar-refractivity contribution in [3.05, 3.63) is 70.7 Å². The van der Waals surface area contributed by atoms with Crippen LogP contribution in [0.3, 0.4) is 0 Å². The fraction of sp³-hybridized carbons (Fsp3) is 0.190. The maximum absolute atomic E-state index is 12.4. The molecule has 1 aromatic carbocycles. The molecule has 0 aliphatic heterocycles. The molecule has 0 aliphatic carbocycles. The summed E-state index contributed by atoms with van der Waals surface area (Å²) in [5.74, 6) is -1.69. The highest BCUT2D eigenvalue weighted by molar-refractivity contribution is 7.83. The Morgan fingerprint density at radius 3 is 2.21 bits per heavy atom. The van der Waals surface area contributed by atoms with Crippen molar-refractivity contribution in [1.82, 2.24) is 25.3 Å². The average Bonchev–Trinajstić information content (AvgIpc) is 3.35. The fourth-order valence-corrected chi connectivity index (χ4v) is 4.43. The van der Waals surface area contributed by atoms with E-state index in [-0.39, 0.29) is 17.3 Å². The van der Waals surface area contributed by atoms with E-state index in [1.807, 2.05) is 0 Å². The second kappa shape index (κ2) is 12.5. The molecule has 178 valence electrons. The van der Waals surface area contributed by atoms with Gasteiger partial charge in [0.25, 0.3) is 11.8 Å². The van der Waals surface area contributed by atoms with Gasteiger partial charge in [0.1, 0.15) is 17.0 Å². The maximum Gasteiger partial charge on any atom is 0.323 e. The van der Waals surface area contributed by atoms with Gasteiger partial charge in [0.2, 0.25) is 5.95 Å². The number of carboxylic acids is 1. The van der Waals surface area contributed by atoms with Gasteiger partial charge in [0, 0.05) is 32.0 Å². The number of hydrogen-bond donors (Lipinski definition) is 5. The summed E-state index contributed by atoms with van der Waals surface area (Å²) in [6.45, 7) is 0.447. The molecule has 0 radical (unpaired) electrons. The van der Waals surface area contributed by atoms with Gasteiger partial charge in [0.05, 0.1) is 14.6 Å². The number of aromatic nitrogens is 2. The Balaban J connectivity index is 1.46. The predicted octanol–water partition coefficient (Wildman–Crippen LogP) is 0.875.